The van der Waals surface area contributed by atoms with Crippen LogP contribution in [-0.2, 0) is 27.8 Å². The van der Waals surface area contributed by atoms with Gasteiger partial charge in [0.15, 0.2) is 11.4 Å². The third-order valence-electron chi connectivity index (χ3n) is 12.8. The molecule has 4 aromatic heterocycles. The summed E-state index contributed by atoms with van der Waals surface area (Å²) in [7, 11) is 1.72. The minimum Gasteiger partial charge on any atom is -0.444 e. The van der Waals surface area contributed by atoms with Crippen molar-refractivity contribution < 1.29 is 32.3 Å². The number of carbonyl (C=O) groups excluding carboxylic acids is 3. The molecule has 1 aliphatic heterocycles. The van der Waals surface area contributed by atoms with E-state index in [1.165, 1.54) is 29.9 Å². The number of halogens is 2. The Bertz CT molecular complexity index is 2500. The third-order valence-corrected chi connectivity index (χ3v) is 12.8. The number of hydrogen-bond donors (Lipinski definition) is 3. The molecule has 3 fully saturated rings. The van der Waals surface area contributed by atoms with Gasteiger partial charge in [-0.25, -0.2) is 23.5 Å². The van der Waals surface area contributed by atoms with Gasteiger partial charge in [0.05, 0.1) is 22.8 Å². The van der Waals surface area contributed by atoms with Crippen molar-refractivity contribution in [1.29, 1.82) is 0 Å². The Balaban J connectivity index is 0.776. The van der Waals surface area contributed by atoms with Crippen molar-refractivity contribution in [2.45, 2.75) is 109 Å². The van der Waals surface area contributed by atoms with Gasteiger partial charge in [-0.1, -0.05) is 12.1 Å². The number of nitrogens with zero attached hydrogens (tertiary/aromatic N) is 7. The van der Waals surface area contributed by atoms with Crippen LogP contribution in [0.2, 0.25) is 0 Å². The topological polar surface area (TPSA) is 183 Å². The SMILES string of the molecule is CC(C)N(CCCOCCCc1cccc2c1n(C)c(=O)n2C1CCC(=O)NC1=O)C[C@H]1CC[C@H](n2cc(NC(=O)c3coc(-c4ccnc(NCC5CC5)c4)n3)c(C(F)F)n2)CC1. The number of alkyl halides is 2. The van der Waals surface area contributed by atoms with Gasteiger partial charge in [-0.3, -0.25) is 33.5 Å². The van der Waals surface area contributed by atoms with Crippen LogP contribution in [-0.4, -0.2) is 90.4 Å². The summed E-state index contributed by atoms with van der Waals surface area (Å²) in [4.78, 5) is 61.9. The van der Waals surface area contributed by atoms with E-state index in [1.54, 1.807) is 34.6 Å². The number of rotatable bonds is 20. The maximum Gasteiger partial charge on any atom is 0.329 e. The molecule has 5 aromatic rings. The number of aryl methyl sites for hydroxylation is 2. The Kier molecular flexibility index (Phi) is 14.0. The van der Waals surface area contributed by atoms with Crippen LogP contribution in [0, 0.1) is 11.8 Å². The molecule has 2 saturated carbocycles. The van der Waals surface area contributed by atoms with Crippen LogP contribution >= 0.6 is 0 Å². The maximum absolute atomic E-state index is 14.2. The summed E-state index contributed by atoms with van der Waals surface area (Å²) in [5.41, 5.74) is 2.30. The number of piperidine rings is 1. The van der Waals surface area contributed by atoms with Crippen LogP contribution < -0.4 is 21.6 Å². The molecule has 5 heterocycles. The predicted octanol–water partition coefficient (Wildman–Crippen LogP) is 7.06. The number of nitrogens with one attached hydrogen (secondary N) is 3. The second-order valence-corrected chi connectivity index (χ2v) is 17.8. The molecule has 0 bridgehead atoms. The molecule has 0 radical (unpaired) electrons. The fraction of sp³-hybridized carbons (Fsp3) is 0.543. The first-order valence-corrected chi connectivity index (χ1v) is 22.6. The molecule has 2 aliphatic carbocycles. The molecule has 1 aromatic carbocycles. The number of aromatic nitrogens is 6. The van der Waals surface area contributed by atoms with Crippen molar-refractivity contribution in [3.8, 4) is 11.5 Å². The Morgan fingerprint density at radius 1 is 1.03 bits per heavy atom. The number of imide groups is 1. The lowest BCUT2D eigenvalue weighted by molar-refractivity contribution is -0.135. The van der Waals surface area contributed by atoms with Crippen molar-refractivity contribution >= 4 is 40.3 Å². The zero-order valence-electron chi connectivity index (χ0n) is 36.7. The fourth-order valence-electron chi connectivity index (χ4n) is 9.05. The summed E-state index contributed by atoms with van der Waals surface area (Å²) in [6.45, 7) is 8.26. The lowest BCUT2D eigenvalue weighted by Gasteiger charge is -2.34. The van der Waals surface area contributed by atoms with Gasteiger partial charge in [0.1, 0.15) is 18.1 Å². The monoisotopic (exact) mass is 884 g/mol. The summed E-state index contributed by atoms with van der Waals surface area (Å²) in [6.07, 6.45) is 10.2. The highest BCUT2D eigenvalue weighted by Crippen LogP contribution is 2.36. The average molecular weight is 885 g/mol. The second kappa shape index (κ2) is 20.0. The number of anilines is 2. The highest BCUT2D eigenvalue weighted by atomic mass is 19.3. The van der Waals surface area contributed by atoms with Crippen LogP contribution in [0.1, 0.15) is 118 Å². The highest BCUT2D eigenvalue weighted by molar-refractivity contribution is 6.03. The molecule has 8 rings (SSSR count). The molecule has 16 nitrogen and oxygen atoms in total. The number of benzene rings is 1. The van der Waals surface area contributed by atoms with Crippen LogP contribution in [0.3, 0.4) is 0 Å². The zero-order valence-corrected chi connectivity index (χ0v) is 36.7. The summed E-state index contributed by atoms with van der Waals surface area (Å²) >= 11 is 0. The normalized spacial score (nSPS) is 19.3. The highest BCUT2D eigenvalue weighted by Gasteiger charge is 2.32. The van der Waals surface area contributed by atoms with E-state index in [1.807, 2.05) is 18.2 Å². The molecule has 3 aliphatic rings. The summed E-state index contributed by atoms with van der Waals surface area (Å²) in [6, 6.07) is 8.85. The van der Waals surface area contributed by atoms with Gasteiger partial charge >= 0.3 is 5.69 Å². The van der Waals surface area contributed by atoms with Crippen molar-refractivity contribution in [3.63, 3.8) is 0 Å². The van der Waals surface area contributed by atoms with E-state index < -0.39 is 30.0 Å². The Hall–Kier alpha value is -5.75. The largest absolute Gasteiger partial charge is 0.444 e. The minimum absolute atomic E-state index is 0.0319. The van der Waals surface area contributed by atoms with Gasteiger partial charge in [0, 0.05) is 70.3 Å². The minimum atomic E-state index is -2.87. The molecule has 1 saturated heterocycles. The van der Waals surface area contributed by atoms with Crippen molar-refractivity contribution in [2.75, 3.05) is 43.5 Å². The number of para-hydroxylation sites is 1. The van der Waals surface area contributed by atoms with E-state index in [9.17, 15) is 28.0 Å². The first kappa shape index (κ1) is 44.8. The van der Waals surface area contributed by atoms with E-state index in [0.717, 1.165) is 69.2 Å². The number of hydrogen-bond acceptors (Lipinski definition) is 11. The quantitative estimate of drug-likeness (QED) is 0.0538. The maximum atomic E-state index is 14.2. The van der Waals surface area contributed by atoms with E-state index >= 15 is 0 Å². The number of fused-ring (bicyclic) bond motifs is 1. The number of amides is 3. The number of pyridine rings is 1. The Morgan fingerprint density at radius 2 is 1.81 bits per heavy atom. The molecule has 3 N–H and O–H groups in total. The summed E-state index contributed by atoms with van der Waals surface area (Å²) in [5.74, 6) is 0.612. The van der Waals surface area contributed by atoms with Crippen molar-refractivity contribution in [3.05, 3.63) is 76.4 Å². The molecule has 3 amide bonds. The van der Waals surface area contributed by atoms with Crippen LogP contribution in [0.15, 0.2) is 58.2 Å². The molecule has 342 valence electrons. The molecule has 64 heavy (non-hydrogen) atoms. The van der Waals surface area contributed by atoms with Crippen LogP contribution in [0.4, 0.5) is 20.3 Å². The van der Waals surface area contributed by atoms with Gasteiger partial charge in [-0.05, 0) is 114 Å². The van der Waals surface area contributed by atoms with Crippen LogP contribution in [0.5, 0.6) is 0 Å². The predicted molar refractivity (Wildman–Crippen MR) is 236 cm³/mol. The Labute approximate surface area is 370 Å². The standard InChI is InChI=1S/C46H58F2N10O6/c1-28(2)56(20-6-22-63-21-5-8-31-7-4-9-36-41(31)55(3)46(62)58(36)37-16-17-39(59)53-44(37)61)25-30-12-14-33(15-13-30)57-26-34(40(54-57)42(47)48)51-43(60)35-27-64-45(52-35)32-18-19-49-38(23-32)50-24-29-10-11-29/h4,7,9,18-19,23,26-30,33,37,42H,5-6,8,10-17,20-22,24-25H2,1-3H3,(H,49,50)(H,51,60)(H,53,59,61)/t30-,33-,37?. The molecule has 1 unspecified atom stereocenters. The van der Waals surface area contributed by atoms with E-state index in [2.05, 4.69) is 49.8 Å². The molecular formula is C46H58F2N10O6. The fourth-order valence-corrected chi connectivity index (χ4v) is 9.05. The van der Waals surface area contributed by atoms with Crippen molar-refractivity contribution in [2.24, 2.45) is 18.9 Å². The van der Waals surface area contributed by atoms with Gasteiger partial charge in [-0.15, -0.1) is 0 Å². The Morgan fingerprint density at radius 3 is 2.56 bits per heavy atom. The van der Waals surface area contributed by atoms with Gasteiger partial charge < -0.3 is 24.7 Å². The molecule has 18 heteroatoms. The lowest BCUT2D eigenvalue weighted by atomic mass is 9.85. The second-order valence-electron chi connectivity index (χ2n) is 17.8. The van der Waals surface area contributed by atoms with Gasteiger partial charge in [0.25, 0.3) is 12.3 Å². The van der Waals surface area contributed by atoms with E-state index in [-0.39, 0.29) is 41.3 Å². The van der Waals surface area contributed by atoms with Gasteiger partial charge in [0.2, 0.25) is 17.7 Å². The van der Waals surface area contributed by atoms with Crippen molar-refractivity contribution in [1.82, 2.24) is 39.1 Å². The van der Waals surface area contributed by atoms with E-state index in [4.69, 9.17) is 9.15 Å². The average Bonchev–Trinajstić information content (AvgIpc) is 3.68. The lowest BCUT2D eigenvalue weighted by Crippen LogP contribution is -2.44. The molecule has 0 spiro atoms. The number of carbonyl (C=O) groups is 3. The summed E-state index contributed by atoms with van der Waals surface area (Å²) in [5, 5.41) is 12.5. The molecule has 1 atom stereocenters. The number of imidazole rings is 1. The number of oxazole rings is 1. The molecular weight excluding hydrogens is 827 g/mol. The smallest absolute Gasteiger partial charge is 0.329 e. The number of ether oxygens (including phenoxy) is 1. The first-order valence-electron chi connectivity index (χ1n) is 22.6. The zero-order chi connectivity index (χ0) is 44.9. The van der Waals surface area contributed by atoms with Gasteiger partial charge in [-0.2, -0.15) is 5.10 Å². The van der Waals surface area contributed by atoms with Crippen LogP contribution in [0.25, 0.3) is 22.5 Å². The third kappa shape index (κ3) is 10.4. The summed E-state index contributed by atoms with van der Waals surface area (Å²) < 4.78 is 44.8. The first-order chi connectivity index (χ1) is 30.9. The van der Waals surface area contributed by atoms with E-state index in [0.29, 0.717) is 60.8 Å².